The van der Waals surface area contributed by atoms with Crippen molar-refractivity contribution in [1.29, 1.82) is 0 Å². The lowest BCUT2D eigenvalue weighted by Crippen LogP contribution is -2.37. The highest BCUT2D eigenvalue weighted by atomic mass is 15.1. The van der Waals surface area contributed by atoms with Crippen molar-refractivity contribution in [3.8, 4) is 0 Å². The summed E-state index contributed by atoms with van der Waals surface area (Å²) in [6, 6.07) is 0. The first-order valence-corrected chi connectivity index (χ1v) is 17.4. The Bertz CT molecular complexity index is 576. The van der Waals surface area contributed by atoms with Crippen LogP contribution >= 0.6 is 0 Å². The van der Waals surface area contributed by atoms with Gasteiger partial charge in [0.15, 0.2) is 0 Å². The predicted molar refractivity (Wildman–Crippen MR) is 165 cm³/mol. The summed E-state index contributed by atoms with van der Waals surface area (Å²) in [4.78, 5) is 0. The quantitative estimate of drug-likeness (QED) is 0.0737. The number of nitrogens with zero attached hydrogens (tertiary/aromatic N) is 2. The van der Waals surface area contributed by atoms with Crippen LogP contribution in [-0.4, -0.2) is 4.57 Å². The van der Waals surface area contributed by atoms with E-state index in [1.807, 2.05) is 0 Å². The molecule has 0 aromatic carbocycles. The molecule has 37 heavy (non-hydrogen) atoms. The zero-order chi connectivity index (χ0) is 26.7. The Morgan fingerprint density at radius 3 is 1.19 bits per heavy atom. The van der Waals surface area contributed by atoms with Crippen molar-refractivity contribution in [2.45, 2.75) is 207 Å². The highest BCUT2D eigenvalue weighted by molar-refractivity contribution is 4.83. The van der Waals surface area contributed by atoms with Gasteiger partial charge in [-0.15, -0.1) is 0 Å². The van der Waals surface area contributed by atoms with Gasteiger partial charge in [-0.25, -0.2) is 9.13 Å². The average Bonchev–Trinajstić information content (AvgIpc) is 3.31. The molecular formula is C35H69N2+. The van der Waals surface area contributed by atoms with Gasteiger partial charge in [-0.3, -0.25) is 0 Å². The van der Waals surface area contributed by atoms with Gasteiger partial charge in [-0.1, -0.05) is 162 Å². The van der Waals surface area contributed by atoms with Crippen LogP contribution in [0.25, 0.3) is 0 Å². The molecule has 2 heteroatoms. The molecule has 1 rings (SSSR count). The zero-order valence-corrected chi connectivity index (χ0v) is 26.1. The molecule has 0 saturated heterocycles. The molecule has 0 fully saturated rings. The van der Waals surface area contributed by atoms with Crippen molar-refractivity contribution >= 4 is 0 Å². The number of aryl methyl sites for hydroxylation is 2. The van der Waals surface area contributed by atoms with E-state index in [1.165, 1.54) is 180 Å². The maximum Gasteiger partial charge on any atom is 0.256 e. The summed E-state index contributed by atoms with van der Waals surface area (Å²) in [6.45, 7) is 9.23. The van der Waals surface area contributed by atoms with E-state index in [0.29, 0.717) is 0 Å². The summed E-state index contributed by atoms with van der Waals surface area (Å²) < 4.78 is 5.06. The summed E-state index contributed by atoms with van der Waals surface area (Å²) in [5, 5.41) is 0. The lowest BCUT2D eigenvalue weighted by atomic mass is 10.0. The lowest BCUT2D eigenvalue weighted by molar-refractivity contribution is -0.704. The van der Waals surface area contributed by atoms with Crippen LogP contribution in [0, 0.1) is 0 Å². The van der Waals surface area contributed by atoms with Crippen molar-refractivity contribution in [3.05, 3.63) is 18.2 Å². The molecule has 0 amide bonds. The molecule has 0 aliphatic carbocycles. The van der Waals surface area contributed by atoms with E-state index in [1.54, 1.807) is 5.82 Å². The van der Waals surface area contributed by atoms with Gasteiger partial charge in [0.2, 0.25) is 0 Å². The van der Waals surface area contributed by atoms with Crippen LogP contribution in [0.2, 0.25) is 0 Å². The molecule has 0 spiro atoms. The number of hydrogen-bond donors (Lipinski definition) is 0. The van der Waals surface area contributed by atoms with Gasteiger partial charge in [0.25, 0.3) is 5.82 Å². The molecule has 0 radical (unpaired) electrons. The third kappa shape index (κ3) is 19.9. The van der Waals surface area contributed by atoms with Crippen LogP contribution in [0.5, 0.6) is 0 Å². The molecule has 0 atom stereocenters. The summed E-state index contributed by atoms with van der Waals surface area (Å²) >= 11 is 0. The molecule has 0 bridgehead atoms. The molecular weight excluding hydrogens is 448 g/mol. The van der Waals surface area contributed by atoms with Crippen molar-refractivity contribution in [1.82, 2.24) is 4.57 Å². The van der Waals surface area contributed by atoms with Crippen LogP contribution in [0.1, 0.15) is 194 Å². The van der Waals surface area contributed by atoms with E-state index < -0.39 is 0 Å². The summed E-state index contributed by atoms with van der Waals surface area (Å²) in [6.07, 6.45) is 43.3. The number of rotatable bonds is 29. The summed E-state index contributed by atoms with van der Waals surface area (Å²) in [5.41, 5.74) is 0. The van der Waals surface area contributed by atoms with Crippen LogP contribution in [0.4, 0.5) is 0 Å². The normalized spacial score (nSPS) is 11.5. The van der Waals surface area contributed by atoms with Gasteiger partial charge >= 0.3 is 0 Å². The van der Waals surface area contributed by atoms with Crippen molar-refractivity contribution < 1.29 is 4.57 Å². The first-order chi connectivity index (χ1) is 18.3. The fourth-order valence-electron chi connectivity index (χ4n) is 5.88. The molecule has 0 aliphatic rings. The largest absolute Gasteiger partial charge is 0.256 e. The smallest absolute Gasteiger partial charge is 0.235 e. The van der Waals surface area contributed by atoms with E-state index in [2.05, 4.69) is 42.3 Å². The molecule has 0 aliphatic heterocycles. The summed E-state index contributed by atoms with van der Waals surface area (Å²) in [7, 11) is 0. The molecule has 0 unspecified atom stereocenters. The fourth-order valence-corrected chi connectivity index (χ4v) is 5.88. The maximum atomic E-state index is 2.57. The highest BCUT2D eigenvalue weighted by Crippen LogP contribution is 2.15. The standard InChI is InChI=1S/C35H69N2/c1-4-7-9-11-13-15-17-18-19-20-21-22-23-25-27-29-31-35-36(6-3)33-34-37(35)32-30-28-26-24-16-14-12-10-8-5-2/h33-34H,4-32H2,1-3H3/q+1. The molecule has 1 heterocycles. The van der Waals surface area contributed by atoms with Gasteiger partial charge in [-0.05, 0) is 26.2 Å². The van der Waals surface area contributed by atoms with Gasteiger partial charge in [0, 0.05) is 6.42 Å². The second-order valence-electron chi connectivity index (χ2n) is 11.9. The Labute approximate surface area is 234 Å². The topological polar surface area (TPSA) is 8.81 Å². The molecule has 1 aromatic rings. The molecule has 218 valence electrons. The van der Waals surface area contributed by atoms with Crippen LogP contribution in [-0.2, 0) is 19.5 Å². The number of unbranched alkanes of at least 4 members (excludes halogenated alkanes) is 24. The van der Waals surface area contributed by atoms with E-state index in [-0.39, 0.29) is 0 Å². The van der Waals surface area contributed by atoms with E-state index in [9.17, 15) is 0 Å². The van der Waals surface area contributed by atoms with Gasteiger partial charge in [-0.2, -0.15) is 0 Å². The second kappa shape index (κ2) is 26.8. The van der Waals surface area contributed by atoms with E-state index in [0.717, 1.165) is 6.54 Å². The summed E-state index contributed by atoms with van der Waals surface area (Å²) in [5.74, 6) is 1.57. The van der Waals surface area contributed by atoms with Gasteiger partial charge in [0.05, 0.1) is 13.1 Å². The molecule has 0 saturated carbocycles. The monoisotopic (exact) mass is 518 g/mol. The zero-order valence-electron chi connectivity index (χ0n) is 26.1. The number of imidazole rings is 1. The van der Waals surface area contributed by atoms with Crippen LogP contribution < -0.4 is 4.57 Å². The average molecular weight is 518 g/mol. The second-order valence-corrected chi connectivity index (χ2v) is 11.9. The van der Waals surface area contributed by atoms with Crippen molar-refractivity contribution in [3.63, 3.8) is 0 Å². The van der Waals surface area contributed by atoms with Crippen molar-refractivity contribution in [2.24, 2.45) is 0 Å². The van der Waals surface area contributed by atoms with Crippen LogP contribution in [0.15, 0.2) is 12.4 Å². The maximum absolute atomic E-state index is 2.57. The third-order valence-corrected chi connectivity index (χ3v) is 8.44. The van der Waals surface area contributed by atoms with Gasteiger partial charge < -0.3 is 0 Å². The highest BCUT2D eigenvalue weighted by Gasteiger charge is 2.15. The molecule has 0 N–H and O–H groups in total. The Kier molecular flexibility index (Phi) is 24.8. The van der Waals surface area contributed by atoms with Crippen LogP contribution in [0.3, 0.4) is 0 Å². The number of hydrogen-bond acceptors (Lipinski definition) is 0. The van der Waals surface area contributed by atoms with Crippen molar-refractivity contribution in [2.75, 3.05) is 0 Å². The lowest BCUT2D eigenvalue weighted by Gasteiger charge is -2.06. The SMILES string of the molecule is CCCCCCCCCCCCCCCCCCc1n(CC)cc[n+]1CCCCCCCCCCCC. The Morgan fingerprint density at radius 2 is 0.811 bits per heavy atom. The molecule has 2 nitrogen and oxygen atoms in total. The first kappa shape index (κ1) is 34.2. The van der Waals surface area contributed by atoms with Gasteiger partial charge in [0.1, 0.15) is 12.4 Å². The number of aromatic nitrogens is 2. The third-order valence-electron chi connectivity index (χ3n) is 8.44. The predicted octanol–water partition coefficient (Wildman–Crippen LogP) is 11.5. The Hall–Kier alpha value is -0.790. The van der Waals surface area contributed by atoms with E-state index >= 15 is 0 Å². The first-order valence-electron chi connectivity index (χ1n) is 17.4. The molecule has 1 aromatic heterocycles. The Morgan fingerprint density at radius 1 is 0.459 bits per heavy atom. The Balaban J connectivity index is 1.99. The minimum atomic E-state index is 1.11. The minimum absolute atomic E-state index is 1.11. The minimum Gasteiger partial charge on any atom is -0.235 e. The fraction of sp³-hybridized carbons (Fsp3) is 0.914. The van der Waals surface area contributed by atoms with E-state index in [4.69, 9.17) is 0 Å².